The van der Waals surface area contributed by atoms with Crippen molar-refractivity contribution in [1.29, 1.82) is 0 Å². The van der Waals surface area contributed by atoms with E-state index in [9.17, 15) is 29.7 Å². The molecule has 2 bridgehead atoms. The highest BCUT2D eigenvalue weighted by Gasteiger charge is 2.71. The smallest absolute Gasteiger partial charge is 0.309 e. The van der Waals surface area contributed by atoms with E-state index in [1.54, 1.807) is 0 Å². The summed E-state index contributed by atoms with van der Waals surface area (Å²) in [7, 11) is 0. The monoisotopic (exact) mass is 674 g/mol. The van der Waals surface area contributed by atoms with Gasteiger partial charge in [-0.25, -0.2) is 0 Å². The number of aliphatic hydroxyl groups is 4. The highest BCUT2D eigenvalue weighted by Crippen LogP contribution is 2.73. The summed E-state index contributed by atoms with van der Waals surface area (Å²) in [5.41, 5.74) is -0.709. The van der Waals surface area contributed by atoms with Crippen molar-refractivity contribution in [2.75, 3.05) is 66.1 Å². The number of carboxylic acid groups (broad SMARTS) is 3. The fourth-order valence-corrected chi connectivity index (χ4v) is 9.24. The maximum absolute atomic E-state index is 12.5. The predicted molar refractivity (Wildman–Crippen MR) is 170 cm³/mol. The lowest BCUT2D eigenvalue weighted by Gasteiger charge is -2.68. The lowest BCUT2D eigenvalue weighted by atomic mass is 9.34. The van der Waals surface area contributed by atoms with Gasteiger partial charge in [0.15, 0.2) is 0 Å². The van der Waals surface area contributed by atoms with Crippen LogP contribution in [-0.2, 0) is 28.6 Å². The largest absolute Gasteiger partial charge is 0.481 e. The van der Waals surface area contributed by atoms with E-state index in [4.69, 9.17) is 29.9 Å². The number of ether oxygens (including phenoxy) is 3. The second-order valence-corrected chi connectivity index (χ2v) is 13.9. The summed E-state index contributed by atoms with van der Waals surface area (Å²) in [6.07, 6.45) is 6.36. The normalized spacial score (nSPS) is 33.7. The second kappa shape index (κ2) is 18.6. The van der Waals surface area contributed by atoms with E-state index >= 15 is 0 Å². The van der Waals surface area contributed by atoms with Crippen LogP contribution in [0.2, 0.25) is 0 Å². The third-order valence-electron chi connectivity index (χ3n) is 11.0. The zero-order valence-electron chi connectivity index (χ0n) is 28.4. The highest BCUT2D eigenvalue weighted by atomic mass is 16.5. The SMILES string of the molecule is CC(C)C1=C[C@@]23CC[C@@H]4[C@](C)(CCC[C@@]4(C)C(=O)O)[C@H]2C[C@@H]1[C@@H](C(=O)O)[C@@H]3C(=O)O.OCCOCCO.OCCOCCOCCO. The molecule has 0 radical (unpaired) electrons. The van der Waals surface area contributed by atoms with Crippen molar-refractivity contribution in [2.24, 2.45) is 51.8 Å². The quantitative estimate of drug-likeness (QED) is 0.0980. The van der Waals surface area contributed by atoms with Crippen molar-refractivity contribution < 1.29 is 64.3 Å². The van der Waals surface area contributed by atoms with Crippen LogP contribution in [-0.4, -0.2) is 120 Å². The number of fused-ring (bicyclic) bond motifs is 2. The standard InChI is InChI=1S/C24H34O6.C6H14O4.C4H10O3/c1-12(2)14-11-24-9-6-15-22(3,7-5-8-23(15,4)21(29)30)16(24)10-13(14)17(19(25)26)18(24)20(27)28;7-1-3-9-5-6-10-4-2-8;5-1-3-7-4-2-6/h11-13,15-18H,5-10H2,1-4H3,(H,25,26)(H,27,28)(H,29,30);7-8H,1-6H2;5-6H,1-4H2/t13-,15+,16+,17+,18+,22-,23+,24-;;/m0../s1. The molecule has 13 heteroatoms. The van der Waals surface area contributed by atoms with Gasteiger partial charge in [-0.2, -0.15) is 0 Å². The molecule has 0 unspecified atom stereocenters. The maximum atomic E-state index is 12.5. The van der Waals surface area contributed by atoms with Gasteiger partial charge in [0.1, 0.15) is 0 Å². The van der Waals surface area contributed by atoms with E-state index in [0.29, 0.717) is 65.3 Å². The van der Waals surface area contributed by atoms with Crippen LogP contribution >= 0.6 is 0 Å². The minimum Gasteiger partial charge on any atom is -0.481 e. The molecular formula is C34H58O13. The molecule has 0 aliphatic heterocycles. The Bertz CT molecular complexity index is 1040. The van der Waals surface area contributed by atoms with E-state index in [2.05, 4.69) is 31.6 Å². The Hall–Kier alpha value is -2.13. The fraction of sp³-hybridized carbons (Fsp3) is 0.853. The molecule has 47 heavy (non-hydrogen) atoms. The Labute approximate surface area is 277 Å². The lowest BCUT2D eigenvalue weighted by Crippen LogP contribution is -2.66. The molecule has 13 nitrogen and oxygen atoms in total. The molecule has 3 saturated carbocycles. The Kier molecular flexibility index (Phi) is 16.2. The van der Waals surface area contributed by atoms with E-state index in [1.165, 1.54) is 0 Å². The van der Waals surface area contributed by atoms with Crippen LogP contribution in [0.5, 0.6) is 0 Å². The van der Waals surface area contributed by atoms with Crippen LogP contribution in [0.1, 0.15) is 66.2 Å². The first-order valence-corrected chi connectivity index (χ1v) is 16.8. The minimum absolute atomic E-state index is 0.00641. The van der Waals surface area contributed by atoms with Gasteiger partial charge in [0.2, 0.25) is 0 Å². The van der Waals surface area contributed by atoms with Crippen molar-refractivity contribution in [3.05, 3.63) is 11.6 Å². The molecule has 8 atom stereocenters. The molecule has 7 N–H and O–H groups in total. The van der Waals surface area contributed by atoms with E-state index in [-0.39, 0.29) is 55.5 Å². The van der Waals surface area contributed by atoms with Crippen LogP contribution in [0.25, 0.3) is 0 Å². The number of carboxylic acids is 3. The molecule has 0 saturated heterocycles. The molecule has 5 rings (SSSR count). The number of aliphatic carboxylic acids is 3. The second-order valence-electron chi connectivity index (χ2n) is 13.9. The highest BCUT2D eigenvalue weighted by molar-refractivity contribution is 5.83. The number of rotatable bonds is 15. The van der Waals surface area contributed by atoms with Crippen molar-refractivity contribution in [1.82, 2.24) is 0 Å². The van der Waals surface area contributed by atoms with Crippen LogP contribution in [0, 0.1) is 51.8 Å². The Morgan fingerprint density at radius 1 is 0.766 bits per heavy atom. The molecule has 0 aromatic carbocycles. The van der Waals surface area contributed by atoms with E-state index in [1.807, 2.05) is 6.92 Å². The van der Waals surface area contributed by atoms with Gasteiger partial charge in [-0.05, 0) is 68.1 Å². The van der Waals surface area contributed by atoms with Gasteiger partial charge in [0.05, 0.1) is 83.3 Å². The zero-order chi connectivity index (χ0) is 35.4. The molecule has 0 aromatic heterocycles. The molecule has 5 aliphatic rings. The summed E-state index contributed by atoms with van der Waals surface area (Å²) in [6.45, 7) is 10.6. The topological polar surface area (TPSA) is 221 Å². The summed E-state index contributed by atoms with van der Waals surface area (Å²) < 4.78 is 14.4. The molecule has 1 spiro atoms. The van der Waals surface area contributed by atoms with Gasteiger partial charge in [-0.3, -0.25) is 14.4 Å². The number of aliphatic hydroxyl groups excluding tert-OH is 4. The first kappa shape index (κ1) is 41.0. The molecule has 3 fully saturated rings. The van der Waals surface area contributed by atoms with Crippen molar-refractivity contribution >= 4 is 17.9 Å². The summed E-state index contributed by atoms with van der Waals surface area (Å²) in [5.74, 6) is -4.76. The van der Waals surface area contributed by atoms with Gasteiger partial charge in [0, 0.05) is 5.41 Å². The Morgan fingerprint density at radius 2 is 1.28 bits per heavy atom. The molecule has 0 heterocycles. The zero-order valence-corrected chi connectivity index (χ0v) is 28.4. The van der Waals surface area contributed by atoms with Crippen LogP contribution in [0.3, 0.4) is 0 Å². The number of hydrogen-bond acceptors (Lipinski definition) is 10. The van der Waals surface area contributed by atoms with Crippen molar-refractivity contribution in [2.45, 2.75) is 66.2 Å². The van der Waals surface area contributed by atoms with Crippen molar-refractivity contribution in [3.63, 3.8) is 0 Å². The molecule has 0 aromatic rings. The van der Waals surface area contributed by atoms with E-state index < -0.39 is 40.6 Å². The van der Waals surface area contributed by atoms with Crippen LogP contribution in [0.15, 0.2) is 11.6 Å². The van der Waals surface area contributed by atoms with E-state index in [0.717, 1.165) is 18.4 Å². The average Bonchev–Trinajstić information content (AvgIpc) is 3.02. The van der Waals surface area contributed by atoms with Crippen molar-refractivity contribution in [3.8, 4) is 0 Å². The summed E-state index contributed by atoms with van der Waals surface area (Å²) >= 11 is 0. The molecule has 0 amide bonds. The molecular weight excluding hydrogens is 616 g/mol. The first-order valence-electron chi connectivity index (χ1n) is 16.8. The Morgan fingerprint density at radius 3 is 1.70 bits per heavy atom. The third-order valence-corrected chi connectivity index (χ3v) is 11.0. The van der Waals surface area contributed by atoms with Gasteiger partial charge in [-0.1, -0.05) is 38.8 Å². The van der Waals surface area contributed by atoms with Gasteiger partial charge in [-0.15, -0.1) is 0 Å². The lowest BCUT2D eigenvalue weighted by molar-refractivity contribution is -0.207. The third kappa shape index (κ3) is 9.11. The van der Waals surface area contributed by atoms with Gasteiger partial charge < -0.3 is 50.0 Å². The summed E-state index contributed by atoms with van der Waals surface area (Å²) in [6, 6.07) is 0. The predicted octanol–water partition coefficient (Wildman–Crippen LogP) is 2.29. The minimum atomic E-state index is -1.02. The van der Waals surface area contributed by atoms with Gasteiger partial charge in [0.25, 0.3) is 0 Å². The van der Waals surface area contributed by atoms with Gasteiger partial charge >= 0.3 is 17.9 Å². The fourth-order valence-electron chi connectivity index (χ4n) is 9.24. The molecule has 272 valence electrons. The Balaban J connectivity index is 0.000000374. The number of carbonyl (C=O) groups is 3. The maximum Gasteiger partial charge on any atom is 0.309 e. The van der Waals surface area contributed by atoms with Crippen LogP contribution < -0.4 is 0 Å². The van der Waals surface area contributed by atoms with Crippen LogP contribution in [0.4, 0.5) is 0 Å². The summed E-state index contributed by atoms with van der Waals surface area (Å²) in [4.78, 5) is 37.0. The number of allylic oxidation sites excluding steroid dienone is 2. The first-order chi connectivity index (χ1) is 22.2. The average molecular weight is 675 g/mol. The summed E-state index contributed by atoms with van der Waals surface area (Å²) in [5, 5.41) is 63.0. The molecule has 5 aliphatic carbocycles. The number of hydrogen-bond donors (Lipinski definition) is 7.